The average molecular weight is 347 g/mol. The van der Waals surface area contributed by atoms with Crippen molar-refractivity contribution in [2.75, 3.05) is 0 Å². The number of hydrogen-bond acceptors (Lipinski definition) is 4. The number of fused-ring (bicyclic) bond motifs is 5. The van der Waals surface area contributed by atoms with Gasteiger partial charge >= 0.3 is 0 Å². The van der Waals surface area contributed by atoms with Gasteiger partial charge in [-0.05, 0) is 80.5 Å². The standard InChI is InChI=1S/C21H34N2O2/c1-12(23-22)16-6-7-17-15-5-4-13-10-14(24)8-9-20(13,2)19(15)18(25)11-21(16,17)3/h4,14-19,24-25H,5-11,22H2,1-3H3/b23-12-/t14-,15-,16+,17-,18-,19+,20-,21+/m0/s1. The van der Waals surface area contributed by atoms with Crippen molar-refractivity contribution in [2.24, 2.45) is 45.4 Å². The summed E-state index contributed by atoms with van der Waals surface area (Å²) in [5.74, 6) is 7.55. The van der Waals surface area contributed by atoms with E-state index in [4.69, 9.17) is 5.84 Å². The molecule has 0 aromatic rings. The molecule has 0 aromatic heterocycles. The number of hydrazone groups is 1. The van der Waals surface area contributed by atoms with Crippen LogP contribution in [0.4, 0.5) is 0 Å². The summed E-state index contributed by atoms with van der Waals surface area (Å²) in [5, 5.41) is 25.4. The highest BCUT2D eigenvalue weighted by molar-refractivity contribution is 5.85. The van der Waals surface area contributed by atoms with Crippen LogP contribution in [0.3, 0.4) is 0 Å². The molecule has 4 N–H and O–H groups in total. The van der Waals surface area contributed by atoms with Gasteiger partial charge < -0.3 is 16.1 Å². The van der Waals surface area contributed by atoms with E-state index < -0.39 is 0 Å². The van der Waals surface area contributed by atoms with E-state index in [1.807, 2.05) is 0 Å². The highest BCUT2D eigenvalue weighted by atomic mass is 16.3. The maximum absolute atomic E-state index is 11.3. The Balaban J connectivity index is 1.71. The van der Waals surface area contributed by atoms with Crippen LogP contribution in [0.15, 0.2) is 16.8 Å². The average Bonchev–Trinajstić information content (AvgIpc) is 2.91. The Labute approximate surface area is 151 Å². The maximum Gasteiger partial charge on any atom is 0.0585 e. The minimum absolute atomic E-state index is 0.0674. The van der Waals surface area contributed by atoms with Crippen LogP contribution >= 0.6 is 0 Å². The first kappa shape index (κ1) is 17.5. The molecular formula is C21H34N2O2. The Morgan fingerprint density at radius 3 is 2.72 bits per heavy atom. The van der Waals surface area contributed by atoms with Gasteiger partial charge in [0.2, 0.25) is 0 Å². The molecule has 4 aliphatic rings. The molecule has 8 atom stereocenters. The van der Waals surface area contributed by atoms with E-state index >= 15 is 0 Å². The quantitative estimate of drug-likeness (QED) is 0.295. The zero-order valence-electron chi connectivity index (χ0n) is 15.9. The fourth-order valence-corrected chi connectivity index (χ4v) is 7.55. The molecule has 3 fully saturated rings. The third-order valence-electron chi connectivity index (χ3n) is 8.72. The molecule has 0 aliphatic heterocycles. The monoisotopic (exact) mass is 346 g/mol. The predicted octanol–water partition coefficient (Wildman–Crippen LogP) is 3.23. The van der Waals surface area contributed by atoms with Crippen LogP contribution in [0.2, 0.25) is 0 Å². The molecule has 4 nitrogen and oxygen atoms in total. The number of rotatable bonds is 1. The molecule has 3 saturated carbocycles. The van der Waals surface area contributed by atoms with Gasteiger partial charge in [-0.3, -0.25) is 0 Å². The molecule has 4 aliphatic carbocycles. The van der Waals surface area contributed by atoms with Crippen molar-refractivity contribution in [3.63, 3.8) is 0 Å². The summed E-state index contributed by atoms with van der Waals surface area (Å²) in [6.45, 7) is 6.78. The van der Waals surface area contributed by atoms with Gasteiger partial charge in [-0.25, -0.2) is 0 Å². The summed E-state index contributed by atoms with van der Waals surface area (Å²) in [6.07, 6.45) is 8.94. The zero-order valence-corrected chi connectivity index (χ0v) is 15.9. The van der Waals surface area contributed by atoms with Crippen molar-refractivity contribution < 1.29 is 10.2 Å². The molecular weight excluding hydrogens is 312 g/mol. The van der Waals surface area contributed by atoms with Crippen LogP contribution in [0.1, 0.15) is 65.7 Å². The maximum atomic E-state index is 11.3. The smallest absolute Gasteiger partial charge is 0.0585 e. The Morgan fingerprint density at radius 1 is 1.24 bits per heavy atom. The van der Waals surface area contributed by atoms with Crippen molar-refractivity contribution in [1.82, 2.24) is 0 Å². The zero-order chi connectivity index (χ0) is 18.0. The Hall–Kier alpha value is -0.870. The second-order valence-corrected chi connectivity index (χ2v) is 9.75. The van der Waals surface area contributed by atoms with Crippen molar-refractivity contribution in [3.8, 4) is 0 Å². The fraction of sp³-hybridized carbons (Fsp3) is 0.857. The van der Waals surface area contributed by atoms with Gasteiger partial charge in [-0.15, -0.1) is 0 Å². The summed E-state index contributed by atoms with van der Waals surface area (Å²) in [5.41, 5.74) is 2.64. The molecule has 140 valence electrons. The Kier molecular flexibility index (Phi) is 4.08. The topological polar surface area (TPSA) is 78.8 Å². The molecule has 4 heteroatoms. The van der Waals surface area contributed by atoms with Crippen LogP contribution in [0.25, 0.3) is 0 Å². The molecule has 0 radical (unpaired) electrons. The Morgan fingerprint density at radius 2 is 2.00 bits per heavy atom. The summed E-state index contributed by atoms with van der Waals surface area (Å²) in [4.78, 5) is 0. The first-order chi connectivity index (χ1) is 11.8. The van der Waals surface area contributed by atoms with Crippen LogP contribution in [0, 0.1) is 34.5 Å². The molecule has 0 bridgehead atoms. The van der Waals surface area contributed by atoms with Crippen LogP contribution in [0.5, 0.6) is 0 Å². The van der Waals surface area contributed by atoms with Crippen LogP contribution in [-0.2, 0) is 0 Å². The molecule has 0 heterocycles. The largest absolute Gasteiger partial charge is 0.393 e. The summed E-state index contributed by atoms with van der Waals surface area (Å²) >= 11 is 0. The molecule has 0 spiro atoms. The lowest BCUT2D eigenvalue weighted by atomic mass is 9.46. The number of allylic oxidation sites excluding steroid dienone is 1. The van der Waals surface area contributed by atoms with E-state index in [1.165, 1.54) is 12.0 Å². The van der Waals surface area contributed by atoms with E-state index in [2.05, 4.69) is 31.9 Å². The van der Waals surface area contributed by atoms with E-state index in [1.54, 1.807) is 0 Å². The van der Waals surface area contributed by atoms with Gasteiger partial charge in [0, 0.05) is 11.6 Å². The molecule has 0 amide bonds. The van der Waals surface area contributed by atoms with Crippen LogP contribution < -0.4 is 5.84 Å². The van der Waals surface area contributed by atoms with E-state index in [-0.39, 0.29) is 23.0 Å². The molecule has 0 aromatic carbocycles. The summed E-state index contributed by atoms with van der Waals surface area (Å²) in [7, 11) is 0. The van der Waals surface area contributed by atoms with Crippen molar-refractivity contribution in [2.45, 2.75) is 77.9 Å². The number of nitrogens with two attached hydrogens (primary N) is 1. The minimum Gasteiger partial charge on any atom is -0.393 e. The van der Waals surface area contributed by atoms with Gasteiger partial charge in [0.25, 0.3) is 0 Å². The first-order valence-corrected chi connectivity index (χ1v) is 10.1. The number of aliphatic hydroxyl groups excluding tert-OH is 2. The van der Waals surface area contributed by atoms with Gasteiger partial charge in [-0.1, -0.05) is 25.5 Å². The van der Waals surface area contributed by atoms with Gasteiger partial charge in [-0.2, -0.15) is 5.10 Å². The van der Waals surface area contributed by atoms with Gasteiger partial charge in [0.15, 0.2) is 0 Å². The van der Waals surface area contributed by atoms with E-state index in [0.29, 0.717) is 23.7 Å². The number of hydrogen-bond donors (Lipinski definition) is 3. The number of aliphatic hydroxyl groups is 2. The minimum atomic E-state index is -0.263. The van der Waals surface area contributed by atoms with Crippen molar-refractivity contribution >= 4 is 5.71 Å². The normalized spacial score (nSPS) is 52.8. The summed E-state index contributed by atoms with van der Waals surface area (Å²) < 4.78 is 0. The second-order valence-electron chi connectivity index (χ2n) is 9.75. The fourth-order valence-electron chi connectivity index (χ4n) is 7.55. The first-order valence-electron chi connectivity index (χ1n) is 10.1. The lowest BCUT2D eigenvalue weighted by Gasteiger charge is -2.59. The second kappa shape index (κ2) is 5.82. The third kappa shape index (κ3) is 2.36. The molecule has 0 saturated heterocycles. The third-order valence-corrected chi connectivity index (χ3v) is 8.72. The van der Waals surface area contributed by atoms with Gasteiger partial charge in [0.05, 0.1) is 12.2 Å². The van der Waals surface area contributed by atoms with E-state index in [9.17, 15) is 10.2 Å². The number of nitrogens with zero attached hydrogens (tertiary/aromatic N) is 1. The SMILES string of the molecule is C/C(=N/N)[C@H]1CC[C@H]2[C@@H]3CC=C4C[C@@H](O)CC[C@]4(C)[C@H]3[C@@H](O)C[C@]12C. The van der Waals surface area contributed by atoms with Crippen LogP contribution in [-0.4, -0.2) is 28.1 Å². The van der Waals surface area contributed by atoms with E-state index in [0.717, 1.165) is 44.2 Å². The lowest BCUT2D eigenvalue weighted by molar-refractivity contribution is -0.120. The molecule has 4 rings (SSSR count). The Bertz CT molecular complexity index is 615. The van der Waals surface area contributed by atoms with Gasteiger partial charge in [0.1, 0.15) is 0 Å². The molecule has 0 unspecified atom stereocenters. The summed E-state index contributed by atoms with van der Waals surface area (Å²) in [6, 6.07) is 0. The molecule has 25 heavy (non-hydrogen) atoms. The lowest BCUT2D eigenvalue weighted by Crippen LogP contribution is -2.56. The predicted molar refractivity (Wildman–Crippen MR) is 99.9 cm³/mol. The van der Waals surface area contributed by atoms with Crippen molar-refractivity contribution in [3.05, 3.63) is 11.6 Å². The van der Waals surface area contributed by atoms with Crippen molar-refractivity contribution in [1.29, 1.82) is 0 Å². The highest BCUT2D eigenvalue weighted by Crippen LogP contribution is 2.66. The highest BCUT2D eigenvalue weighted by Gasteiger charge is 2.61.